The molecule has 0 aliphatic heterocycles. The van der Waals surface area contributed by atoms with E-state index >= 15 is 0 Å². The lowest BCUT2D eigenvalue weighted by molar-refractivity contribution is -0.139. The van der Waals surface area contributed by atoms with Gasteiger partial charge in [-0.25, -0.2) is 8.42 Å². The third kappa shape index (κ3) is 7.78. The molecule has 1 atom stereocenters. The number of halogens is 2. The molecule has 1 N–H and O–H groups in total. The third-order valence-corrected chi connectivity index (χ3v) is 10.3. The van der Waals surface area contributed by atoms with Gasteiger partial charge in [0.15, 0.2) is 0 Å². The van der Waals surface area contributed by atoms with E-state index < -0.39 is 28.5 Å². The van der Waals surface area contributed by atoms with E-state index in [1.807, 2.05) is 6.92 Å². The van der Waals surface area contributed by atoms with Gasteiger partial charge < -0.3 is 19.7 Å². The highest BCUT2D eigenvalue weighted by atomic mass is 35.5. The van der Waals surface area contributed by atoms with E-state index in [0.29, 0.717) is 21.4 Å². The van der Waals surface area contributed by atoms with Crippen LogP contribution in [0.25, 0.3) is 0 Å². The fourth-order valence-electron chi connectivity index (χ4n) is 5.15. The Hall–Kier alpha value is -3.47. The van der Waals surface area contributed by atoms with Crippen LogP contribution >= 0.6 is 23.2 Å². The smallest absolute Gasteiger partial charge is 0.264 e. The number of ether oxygens (including phenoxy) is 2. The van der Waals surface area contributed by atoms with Gasteiger partial charge in [0, 0.05) is 18.7 Å². The van der Waals surface area contributed by atoms with Crippen LogP contribution in [0.5, 0.6) is 11.5 Å². The Kier molecular flexibility index (Phi) is 11.0. The maximum absolute atomic E-state index is 14.3. The van der Waals surface area contributed by atoms with Gasteiger partial charge in [-0.1, -0.05) is 59.8 Å². The summed E-state index contributed by atoms with van der Waals surface area (Å²) >= 11 is 12.4. The summed E-state index contributed by atoms with van der Waals surface area (Å²) in [6.45, 7) is 2.84. The highest BCUT2D eigenvalue weighted by molar-refractivity contribution is 7.92. The monoisotopic (exact) mass is 661 g/mol. The molecule has 1 saturated carbocycles. The number of carbonyl (C=O) groups is 2. The summed E-state index contributed by atoms with van der Waals surface area (Å²) in [6, 6.07) is 15.1. The Balaban J connectivity index is 1.76. The van der Waals surface area contributed by atoms with E-state index in [1.54, 1.807) is 49.4 Å². The fourth-order valence-corrected chi connectivity index (χ4v) is 6.89. The number of nitrogens with one attached hydrogen (secondary N) is 1. The van der Waals surface area contributed by atoms with Gasteiger partial charge in [-0.3, -0.25) is 13.9 Å². The highest BCUT2D eigenvalue weighted by Crippen LogP contribution is 2.36. The van der Waals surface area contributed by atoms with Gasteiger partial charge in [0.2, 0.25) is 11.8 Å². The fraction of sp³-hybridized carbons (Fsp3) is 0.375. The minimum absolute atomic E-state index is 0.0103. The molecule has 12 heteroatoms. The van der Waals surface area contributed by atoms with Crippen LogP contribution in [0.2, 0.25) is 10.0 Å². The average Bonchev–Trinajstić information content (AvgIpc) is 3.52. The second-order valence-electron chi connectivity index (χ2n) is 10.8. The SMILES string of the molecule is COc1ccc(OC)c(N(CC(=O)N(Cc2ccc(Cl)c(Cl)c2)[C@H](C)C(=O)NC2CCCC2)S(=O)(=O)c2ccc(C)cc2)c1. The maximum atomic E-state index is 14.3. The standard InChI is InChI=1S/C32H37Cl2N3O6S/c1-21-9-13-26(14-10-21)44(40,41)37(29-18-25(42-3)12-16-30(29)43-4)20-31(38)36(19-23-11-15-27(33)28(34)17-23)22(2)32(39)35-24-7-5-6-8-24/h9-18,22,24H,5-8,19-20H2,1-4H3,(H,35,39)/t22-/m1/s1. The molecule has 0 saturated heterocycles. The third-order valence-electron chi connectivity index (χ3n) is 7.75. The largest absolute Gasteiger partial charge is 0.497 e. The van der Waals surface area contributed by atoms with Crippen LogP contribution in [0.4, 0.5) is 5.69 Å². The zero-order chi connectivity index (χ0) is 32.0. The first kappa shape index (κ1) is 33.4. The van der Waals surface area contributed by atoms with E-state index in [-0.39, 0.29) is 34.8 Å². The molecule has 0 aromatic heterocycles. The van der Waals surface area contributed by atoms with Crippen LogP contribution in [-0.4, -0.2) is 58.0 Å². The Morgan fingerprint density at radius 1 is 0.955 bits per heavy atom. The molecule has 2 amide bonds. The molecule has 44 heavy (non-hydrogen) atoms. The van der Waals surface area contributed by atoms with Crippen molar-refractivity contribution in [3.05, 3.63) is 81.8 Å². The lowest BCUT2D eigenvalue weighted by atomic mass is 10.1. The van der Waals surface area contributed by atoms with E-state index in [0.717, 1.165) is 35.6 Å². The van der Waals surface area contributed by atoms with Crippen LogP contribution in [0.3, 0.4) is 0 Å². The molecular formula is C32H37Cl2N3O6S. The Labute approximate surface area is 269 Å². The zero-order valence-corrected chi connectivity index (χ0v) is 27.5. The first-order valence-electron chi connectivity index (χ1n) is 14.3. The lowest BCUT2D eigenvalue weighted by Crippen LogP contribution is -2.52. The molecule has 3 aromatic carbocycles. The van der Waals surface area contributed by atoms with Crippen molar-refractivity contribution in [3.63, 3.8) is 0 Å². The molecule has 1 aliphatic rings. The van der Waals surface area contributed by atoms with Crippen molar-refractivity contribution < 1.29 is 27.5 Å². The predicted octanol–water partition coefficient (Wildman–Crippen LogP) is 5.99. The molecule has 0 unspecified atom stereocenters. The molecule has 0 spiro atoms. The molecule has 236 valence electrons. The Morgan fingerprint density at radius 3 is 2.25 bits per heavy atom. The minimum Gasteiger partial charge on any atom is -0.497 e. The maximum Gasteiger partial charge on any atom is 0.264 e. The van der Waals surface area contributed by atoms with Gasteiger partial charge in [-0.05, 0) is 68.7 Å². The normalized spacial score (nSPS) is 14.1. The second-order valence-corrected chi connectivity index (χ2v) is 13.5. The van der Waals surface area contributed by atoms with E-state index in [9.17, 15) is 18.0 Å². The molecule has 0 bridgehead atoms. The highest BCUT2D eigenvalue weighted by Gasteiger charge is 2.34. The number of carbonyl (C=O) groups excluding carboxylic acids is 2. The Bertz CT molecular complexity index is 1590. The van der Waals surface area contributed by atoms with Gasteiger partial charge in [-0.2, -0.15) is 0 Å². The molecule has 9 nitrogen and oxygen atoms in total. The number of aryl methyl sites for hydroxylation is 1. The molecule has 3 aromatic rings. The van der Waals surface area contributed by atoms with Crippen LogP contribution in [0.15, 0.2) is 65.6 Å². The Morgan fingerprint density at radius 2 is 1.64 bits per heavy atom. The van der Waals surface area contributed by atoms with Crippen molar-refractivity contribution in [1.29, 1.82) is 0 Å². The summed E-state index contributed by atoms with van der Waals surface area (Å²) in [5.41, 5.74) is 1.61. The molecular weight excluding hydrogens is 625 g/mol. The van der Waals surface area contributed by atoms with E-state index in [4.69, 9.17) is 32.7 Å². The quantitative estimate of drug-likeness (QED) is 0.256. The van der Waals surface area contributed by atoms with Crippen molar-refractivity contribution >= 4 is 50.7 Å². The summed E-state index contributed by atoms with van der Waals surface area (Å²) in [5.74, 6) is -0.338. The minimum atomic E-state index is -4.30. The summed E-state index contributed by atoms with van der Waals surface area (Å²) in [6.07, 6.45) is 3.80. The van der Waals surface area contributed by atoms with Gasteiger partial charge in [-0.15, -0.1) is 0 Å². The number of hydrogen-bond acceptors (Lipinski definition) is 6. The molecule has 4 rings (SSSR count). The number of hydrogen-bond donors (Lipinski definition) is 1. The van der Waals surface area contributed by atoms with Crippen molar-refractivity contribution in [1.82, 2.24) is 10.2 Å². The second kappa shape index (κ2) is 14.5. The summed E-state index contributed by atoms with van der Waals surface area (Å²) in [4.78, 5) is 29.0. The summed E-state index contributed by atoms with van der Waals surface area (Å²) in [7, 11) is -1.43. The summed E-state index contributed by atoms with van der Waals surface area (Å²) < 4.78 is 40.3. The number of sulfonamides is 1. The first-order valence-corrected chi connectivity index (χ1v) is 16.5. The molecule has 0 radical (unpaired) electrons. The first-order chi connectivity index (χ1) is 20.9. The summed E-state index contributed by atoms with van der Waals surface area (Å²) in [5, 5.41) is 3.70. The number of anilines is 1. The van der Waals surface area contributed by atoms with Crippen molar-refractivity contribution in [2.24, 2.45) is 0 Å². The van der Waals surface area contributed by atoms with Crippen LogP contribution in [0, 0.1) is 6.92 Å². The number of rotatable bonds is 12. The van der Waals surface area contributed by atoms with Crippen LogP contribution in [-0.2, 0) is 26.2 Å². The predicted molar refractivity (Wildman–Crippen MR) is 172 cm³/mol. The zero-order valence-electron chi connectivity index (χ0n) is 25.2. The van der Waals surface area contributed by atoms with Gasteiger partial charge in [0.25, 0.3) is 10.0 Å². The molecule has 1 aliphatic carbocycles. The van der Waals surface area contributed by atoms with Gasteiger partial charge in [0.1, 0.15) is 24.1 Å². The van der Waals surface area contributed by atoms with E-state index in [1.165, 1.54) is 37.3 Å². The topological polar surface area (TPSA) is 105 Å². The van der Waals surface area contributed by atoms with Crippen molar-refractivity contribution in [2.75, 3.05) is 25.1 Å². The average molecular weight is 663 g/mol. The van der Waals surface area contributed by atoms with Crippen LogP contribution in [0.1, 0.15) is 43.7 Å². The number of benzene rings is 3. The molecule has 1 fully saturated rings. The van der Waals surface area contributed by atoms with E-state index in [2.05, 4.69) is 5.32 Å². The van der Waals surface area contributed by atoms with Crippen molar-refractivity contribution in [3.8, 4) is 11.5 Å². The van der Waals surface area contributed by atoms with Crippen LogP contribution < -0.4 is 19.1 Å². The van der Waals surface area contributed by atoms with Gasteiger partial charge >= 0.3 is 0 Å². The van der Waals surface area contributed by atoms with Gasteiger partial charge in [0.05, 0.1) is 34.8 Å². The number of methoxy groups -OCH3 is 2. The molecule has 0 heterocycles. The van der Waals surface area contributed by atoms with Crippen molar-refractivity contribution in [2.45, 2.75) is 63.1 Å². The lowest BCUT2D eigenvalue weighted by Gasteiger charge is -2.33. The number of amides is 2. The number of nitrogens with zero attached hydrogens (tertiary/aromatic N) is 2.